The third kappa shape index (κ3) is 7.91. The van der Waals surface area contributed by atoms with Crippen LogP contribution >= 0.6 is 7.82 Å². The zero-order valence-electron chi connectivity index (χ0n) is 10.6. The van der Waals surface area contributed by atoms with Gasteiger partial charge in [0.25, 0.3) is 0 Å². The summed E-state index contributed by atoms with van der Waals surface area (Å²) in [6.07, 6.45) is -1.88. The zero-order valence-corrected chi connectivity index (χ0v) is 11.5. The van der Waals surface area contributed by atoms with Crippen LogP contribution in [0.2, 0.25) is 0 Å². The fraction of sp³-hybridized carbons (Fsp3) is 0.778. The van der Waals surface area contributed by atoms with E-state index in [1.807, 2.05) is 0 Å². The minimum Gasteiger partial charge on any atom is -0.481 e. The summed E-state index contributed by atoms with van der Waals surface area (Å²) in [4.78, 5) is 38.8. The van der Waals surface area contributed by atoms with Crippen molar-refractivity contribution in [3.05, 3.63) is 0 Å². The van der Waals surface area contributed by atoms with Crippen molar-refractivity contribution in [3.8, 4) is 0 Å². The van der Waals surface area contributed by atoms with Crippen molar-refractivity contribution in [3.63, 3.8) is 0 Å². The number of aliphatic hydroxyl groups excluding tert-OH is 1. The highest BCUT2D eigenvalue weighted by molar-refractivity contribution is 7.46. The average Bonchev–Trinajstić information content (AvgIpc) is 2.24. The number of aliphatic carboxylic acids is 1. The van der Waals surface area contributed by atoms with Crippen molar-refractivity contribution in [2.24, 2.45) is 5.41 Å². The minimum atomic E-state index is -4.69. The smallest absolute Gasteiger partial charge is 0.469 e. The van der Waals surface area contributed by atoms with Gasteiger partial charge in [0.1, 0.15) is 6.10 Å². The van der Waals surface area contributed by atoms with Crippen LogP contribution in [0.4, 0.5) is 0 Å². The number of carboxylic acid groups (broad SMARTS) is 1. The van der Waals surface area contributed by atoms with Crippen molar-refractivity contribution >= 4 is 19.7 Å². The van der Waals surface area contributed by atoms with Crippen LogP contribution < -0.4 is 5.32 Å². The summed E-state index contributed by atoms with van der Waals surface area (Å²) in [6.45, 7) is 2.07. The van der Waals surface area contributed by atoms with Gasteiger partial charge < -0.3 is 25.3 Å². The zero-order chi connectivity index (χ0) is 15.3. The first kappa shape index (κ1) is 18.0. The molecule has 0 aromatic rings. The van der Waals surface area contributed by atoms with E-state index in [2.05, 4.69) is 9.84 Å². The van der Waals surface area contributed by atoms with E-state index in [9.17, 15) is 19.3 Å². The number of rotatable bonds is 8. The van der Waals surface area contributed by atoms with Crippen molar-refractivity contribution in [1.82, 2.24) is 5.32 Å². The molecule has 0 unspecified atom stereocenters. The van der Waals surface area contributed by atoms with Gasteiger partial charge in [-0.2, -0.15) is 0 Å². The quantitative estimate of drug-likeness (QED) is 0.360. The summed E-state index contributed by atoms with van der Waals surface area (Å²) in [5.74, 6) is -1.93. The molecule has 0 aliphatic carbocycles. The molecular formula is C9H18NO8P. The largest absolute Gasteiger partial charge is 0.481 e. The summed E-state index contributed by atoms with van der Waals surface area (Å²) < 4.78 is 14.8. The number of amides is 1. The van der Waals surface area contributed by atoms with Crippen LogP contribution in [0.3, 0.4) is 0 Å². The van der Waals surface area contributed by atoms with Gasteiger partial charge in [-0.25, -0.2) is 4.57 Å². The fourth-order valence-corrected chi connectivity index (χ4v) is 1.57. The minimum absolute atomic E-state index is 0.152. The molecule has 0 fully saturated rings. The maximum Gasteiger partial charge on any atom is 0.469 e. The molecule has 0 aliphatic heterocycles. The molecule has 0 rings (SSSR count). The van der Waals surface area contributed by atoms with E-state index in [0.29, 0.717) is 0 Å². The molecule has 1 atom stereocenters. The van der Waals surface area contributed by atoms with Gasteiger partial charge in [-0.15, -0.1) is 0 Å². The van der Waals surface area contributed by atoms with Crippen molar-refractivity contribution < 1.29 is 38.7 Å². The summed E-state index contributed by atoms with van der Waals surface area (Å²) in [5, 5.41) is 20.3. The SMILES string of the molecule is CC(C)(COP(=O)(O)O)[C@H](O)C(=O)NCCC(=O)O. The van der Waals surface area contributed by atoms with E-state index >= 15 is 0 Å². The molecule has 0 aromatic heterocycles. The normalized spacial score (nSPS) is 13.9. The van der Waals surface area contributed by atoms with Crippen LogP contribution in [0.1, 0.15) is 20.3 Å². The van der Waals surface area contributed by atoms with Gasteiger partial charge in [0, 0.05) is 12.0 Å². The highest BCUT2D eigenvalue weighted by atomic mass is 31.2. The summed E-state index contributed by atoms with van der Waals surface area (Å²) in [5.41, 5.74) is -1.24. The topological polar surface area (TPSA) is 153 Å². The molecule has 0 saturated heterocycles. The number of carbonyl (C=O) groups is 2. The Kier molecular flexibility index (Phi) is 6.61. The molecule has 5 N–H and O–H groups in total. The first-order valence-electron chi connectivity index (χ1n) is 5.33. The van der Waals surface area contributed by atoms with E-state index in [1.165, 1.54) is 13.8 Å². The first-order valence-corrected chi connectivity index (χ1v) is 6.86. The Labute approximate surface area is 109 Å². The van der Waals surface area contributed by atoms with Crippen LogP contribution in [0.15, 0.2) is 0 Å². The van der Waals surface area contributed by atoms with Crippen LogP contribution in [0.5, 0.6) is 0 Å². The van der Waals surface area contributed by atoms with Crippen LogP contribution in [-0.2, 0) is 18.7 Å². The van der Waals surface area contributed by atoms with E-state index in [1.54, 1.807) is 0 Å². The lowest BCUT2D eigenvalue weighted by atomic mass is 9.87. The molecule has 19 heavy (non-hydrogen) atoms. The molecule has 0 saturated carbocycles. The number of hydrogen-bond acceptors (Lipinski definition) is 5. The number of aliphatic hydroxyl groups is 1. The van der Waals surface area contributed by atoms with Gasteiger partial charge in [-0.05, 0) is 0 Å². The number of carbonyl (C=O) groups excluding carboxylic acids is 1. The van der Waals surface area contributed by atoms with E-state index in [4.69, 9.17) is 14.9 Å². The van der Waals surface area contributed by atoms with Crippen LogP contribution in [0.25, 0.3) is 0 Å². The summed E-state index contributed by atoms with van der Waals surface area (Å²) in [6, 6.07) is 0. The number of nitrogens with one attached hydrogen (secondary N) is 1. The molecule has 1 amide bonds. The molecule has 9 nitrogen and oxygen atoms in total. The molecule has 0 spiro atoms. The maximum absolute atomic E-state index is 11.5. The Bertz CT molecular complexity index is 376. The van der Waals surface area contributed by atoms with Crippen LogP contribution in [-0.4, -0.2) is 51.1 Å². The van der Waals surface area contributed by atoms with Gasteiger partial charge in [0.05, 0.1) is 13.0 Å². The summed E-state index contributed by atoms with van der Waals surface area (Å²) in [7, 11) is -4.69. The highest BCUT2D eigenvalue weighted by Gasteiger charge is 2.35. The fourth-order valence-electron chi connectivity index (χ4n) is 1.07. The van der Waals surface area contributed by atoms with Crippen molar-refractivity contribution in [1.29, 1.82) is 0 Å². The Balaban J connectivity index is 4.35. The van der Waals surface area contributed by atoms with Gasteiger partial charge in [-0.1, -0.05) is 13.8 Å². The standard InChI is InChI=1S/C9H18NO8P/c1-9(2,5-18-19(15,16)17)7(13)8(14)10-4-3-6(11)12/h7,13H,3-5H2,1-2H3,(H,10,14)(H,11,12)(H2,15,16,17)/t7-/m1/s1. The molecular weight excluding hydrogens is 281 g/mol. The van der Waals surface area contributed by atoms with Gasteiger partial charge in [-0.3, -0.25) is 14.1 Å². The highest BCUT2D eigenvalue weighted by Crippen LogP contribution is 2.38. The number of carboxylic acids is 1. The molecule has 0 aliphatic rings. The maximum atomic E-state index is 11.5. The van der Waals surface area contributed by atoms with Gasteiger partial charge >= 0.3 is 13.8 Å². The average molecular weight is 299 g/mol. The second-order valence-corrected chi connectivity index (χ2v) is 5.83. The number of phosphoric acid groups is 1. The Hall–Kier alpha value is -0.990. The Morgan fingerprint density at radius 3 is 2.32 bits per heavy atom. The molecule has 0 radical (unpaired) electrons. The monoisotopic (exact) mass is 299 g/mol. The van der Waals surface area contributed by atoms with Crippen molar-refractivity contribution in [2.75, 3.05) is 13.2 Å². The number of hydrogen-bond donors (Lipinski definition) is 5. The lowest BCUT2D eigenvalue weighted by molar-refractivity contribution is -0.138. The second kappa shape index (κ2) is 6.97. The summed E-state index contributed by atoms with van der Waals surface area (Å²) >= 11 is 0. The molecule has 112 valence electrons. The van der Waals surface area contributed by atoms with Gasteiger partial charge in [0.15, 0.2) is 0 Å². The van der Waals surface area contributed by atoms with E-state index in [0.717, 1.165) is 0 Å². The van der Waals surface area contributed by atoms with Crippen LogP contribution in [0, 0.1) is 5.41 Å². The van der Waals surface area contributed by atoms with E-state index < -0.39 is 37.8 Å². The third-order valence-corrected chi connectivity index (χ3v) is 2.70. The first-order chi connectivity index (χ1) is 8.46. The molecule has 0 aromatic carbocycles. The number of phosphoric ester groups is 1. The predicted molar refractivity (Wildman–Crippen MR) is 63.0 cm³/mol. The Morgan fingerprint density at radius 1 is 1.37 bits per heavy atom. The third-order valence-electron chi connectivity index (χ3n) is 2.23. The molecule has 0 bridgehead atoms. The Morgan fingerprint density at radius 2 is 1.89 bits per heavy atom. The van der Waals surface area contributed by atoms with Crippen molar-refractivity contribution in [2.45, 2.75) is 26.4 Å². The molecule has 10 heteroatoms. The van der Waals surface area contributed by atoms with E-state index in [-0.39, 0.29) is 13.0 Å². The lowest BCUT2D eigenvalue weighted by Crippen LogP contribution is -2.46. The molecule has 0 heterocycles. The second-order valence-electron chi connectivity index (χ2n) is 4.59. The predicted octanol–water partition coefficient (Wildman–Crippen LogP) is -0.926. The lowest BCUT2D eigenvalue weighted by Gasteiger charge is -2.29. The van der Waals surface area contributed by atoms with Gasteiger partial charge in [0.2, 0.25) is 5.91 Å².